The number of benzene rings is 1. The normalized spacial score (nSPS) is 28.3. The fourth-order valence-corrected chi connectivity index (χ4v) is 4.82. The molecule has 3 aromatic rings. The van der Waals surface area contributed by atoms with Gasteiger partial charge in [0.15, 0.2) is 5.82 Å². The number of hydrogen-bond acceptors (Lipinski definition) is 6. The van der Waals surface area contributed by atoms with Crippen molar-refractivity contribution < 1.29 is 28.8 Å². The van der Waals surface area contributed by atoms with Crippen LogP contribution in [0.4, 0.5) is 4.39 Å². The molecule has 0 spiro atoms. The van der Waals surface area contributed by atoms with Gasteiger partial charge in [0.2, 0.25) is 0 Å². The Balaban J connectivity index is 1.20. The summed E-state index contributed by atoms with van der Waals surface area (Å²) in [6.07, 6.45) is 0.503. The third-order valence-electron chi connectivity index (χ3n) is 6.97. The van der Waals surface area contributed by atoms with E-state index in [0.29, 0.717) is 28.9 Å². The number of ether oxygens (including phenoxy) is 3. The quantitative estimate of drug-likeness (QED) is 0.545. The zero-order valence-corrected chi connectivity index (χ0v) is 17.5. The molecule has 1 aromatic carbocycles. The molecule has 168 valence electrons. The Labute approximate surface area is 184 Å². The summed E-state index contributed by atoms with van der Waals surface area (Å²) in [7, 11) is 0. The molecule has 2 saturated heterocycles. The van der Waals surface area contributed by atoms with Gasteiger partial charge in [0.25, 0.3) is 0 Å². The van der Waals surface area contributed by atoms with Crippen LogP contribution < -0.4 is 0 Å². The lowest BCUT2D eigenvalue weighted by molar-refractivity contribution is -0.0446. The molecule has 7 nitrogen and oxygen atoms in total. The van der Waals surface area contributed by atoms with Crippen LogP contribution in [0.3, 0.4) is 0 Å². The summed E-state index contributed by atoms with van der Waals surface area (Å²) in [6, 6.07) is 11.0. The fraction of sp³-hybridized carbons (Fsp3) is 0.458. The first kappa shape index (κ1) is 20.3. The SMILES string of the molecule is OCC1(c2ccc(-c3nc4cc(COC5COC6C(O)COC56)[nH]c4cc3F)cc2)CC1. The van der Waals surface area contributed by atoms with Crippen LogP contribution in [0.25, 0.3) is 22.3 Å². The molecule has 6 rings (SSSR count). The summed E-state index contributed by atoms with van der Waals surface area (Å²) in [6.45, 7) is 1.05. The first-order chi connectivity index (χ1) is 15.6. The van der Waals surface area contributed by atoms with Gasteiger partial charge >= 0.3 is 0 Å². The monoisotopic (exact) mass is 440 g/mol. The van der Waals surface area contributed by atoms with Gasteiger partial charge in [-0.05, 0) is 24.5 Å². The van der Waals surface area contributed by atoms with E-state index in [4.69, 9.17) is 14.2 Å². The van der Waals surface area contributed by atoms with Crippen molar-refractivity contribution in [2.75, 3.05) is 19.8 Å². The van der Waals surface area contributed by atoms with Gasteiger partial charge < -0.3 is 29.4 Å². The lowest BCUT2D eigenvalue weighted by Gasteiger charge is -2.16. The minimum absolute atomic E-state index is 0.115. The van der Waals surface area contributed by atoms with Crippen molar-refractivity contribution >= 4 is 11.0 Å². The molecule has 4 atom stereocenters. The highest BCUT2D eigenvalue weighted by molar-refractivity contribution is 5.80. The van der Waals surface area contributed by atoms with Crippen molar-refractivity contribution in [1.82, 2.24) is 9.97 Å². The highest BCUT2D eigenvalue weighted by Crippen LogP contribution is 2.47. The van der Waals surface area contributed by atoms with E-state index in [1.165, 1.54) is 6.07 Å². The standard InChI is InChI=1S/C24H25FN2O5/c25-16-8-18-17(27-21(16)13-1-3-14(4-2-13)24(12-28)5-6-24)7-15(26-18)9-30-20-11-32-22-19(29)10-31-23(20)22/h1-4,7-8,19-20,22-23,26,28-29H,5-6,9-12H2. The van der Waals surface area contributed by atoms with E-state index in [2.05, 4.69) is 9.97 Å². The molecular weight excluding hydrogens is 415 g/mol. The van der Waals surface area contributed by atoms with E-state index in [1.54, 1.807) is 0 Å². The molecule has 4 unspecified atom stereocenters. The molecule has 1 saturated carbocycles. The van der Waals surface area contributed by atoms with Gasteiger partial charge in [-0.3, -0.25) is 0 Å². The minimum Gasteiger partial charge on any atom is -0.395 e. The molecule has 3 fully saturated rings. The first-order valence-electron chi connectivity index (χ1n) is 11.0. The fourth-order valence-electron chi connectivity index (χ4n) is 4.82. The van der Waals surface area contributed by atoms with E-state index >= 15 is 0 Å². The van der Waals surface area contributed by atoms with Crippen molar-refractivity contribution in [3.05, 3.63) is 53.5 Å². The second-order valence-electron chi connectivity index (χ2n) is 9.07. The lowest BCUT2D eigenvalue weighted by atomic mass is 9.95. The number of halogens is 1. The molecule has 4 heterocycles. The van der Waals surface area contributed by atoms with E-state index in [0.717, 1.165) is 24.1 Å². The molecule has 2 aromatic heterocycles. The molecule has 0 amide bonds. The molecule has 1 aliphatic carbocycles. The summed E-state index contributed by atoms with van der Waals surface area (Å²) in [5, 5.41) is 19.5. The predicted octanol–water partition coefficient (Wildman–Crippen LogP) is 2.44. The van der Waals surface area contributed by atoms with Gasteiger partial charge in [-0.2, -0.15) is 0 Å². The lowest BCUT2D eigenvalue weighted by Crippen LogP contribution is -2.32. The van der Waals surface area contributed by atoms with E-state index in [1.807, 2.05) is 30.3 Å². The molecule has 0 radical (unpaired) electrons. The second-order valence-corrected chi connectivity index (χ2v) is 9.07. The number of aliphatic hydroxyl groups is 2. The number of nitrogens with zero attached hydrogens (tertiary/aromatic N) is 1. The van der Waals surface area contributed by atoms with E-state index < -0.39 is 11.9 Å². The Morgan fingerprint density at radius 3 is 2.66 bits per heavy atom. The van der Waals surface area contributed by atoms with Crippen molar-refractivity contribution in [3.8, 4) is 11.3 Å². The Kier molecular flexibility index (Phi) is 4.81. The summed E-state index contributed by atoms with van der Waals surface area (Å²) < 4.78 is 32.0. The number of rotatable bonds is 6. The van der Waals surface area contributed by atoms with E-state index in [-0.39, 0.29) is 43.5 Å². The van der Waals surface area contributed by atoms with Gasteiger partial charge in [-0.1, -0.05) is 24.3 Å². The Hall–Kier alpha value is -2.36. The summed E-state index contributed by atoms with van der Waals surface area (Å²) in [4.78, 5) is 7.71. The topological polar surface area (TPSA) is 96.8 Å². The molecule has 3 aliphatic rings. The molecule has 0 bridgehead atoms. The van der Waals surface area contributed by atoms with Crippen LogP contribution in [-0.2, 0) is 26.2 Å². The first-order valence-corrected chi connectivity index (χ1v) is 11.0. The third-order valence-corrected chi connectivity index (χ3v) is 6.97. The number of aliphatic hydroxyl groups excluding tert-OH is 2. The Bertz CT molecular complexity index is 1140. The maximum Gasteiger partial charge on any atom is 0.151 e. The van der Waals surface area contributed by atoms with E-state index in [9.17, 15) is 14.6 Å². The summed E-state index contributed by atoms with van der Waals surface area (Å²) in [5.41, 5.74) is 4.01. The zero-order valence-electron chi connectivity index (χ0n) is 17.5. The predicted molar refractivity (Wildman–Crippen MR) is 114 cm³/mol. The Morgan fingerprint density at radius 1 is 1.12 bits per heavy atom. The van der Waals surface area contributed by atoms with Crippen molar-refractivity contribution in [1.29, 1.82) is 0 Å². The zero-order chi connectivity index (χ0) is 21.9. The van der Waals surface area contributed by atoms with Crippen LogP contribution in [0.5, 0.6) is 0 Å². The number of pyridine rings is 1. The van der Waals surface area contributed by atoms with Gasteiger partial charge in [0, 0.05) is 22.7 Å². The highest BCUT2D eigenvalue weighted by Gasteiger charge is 2.47. The molecule has 32 heavy (non-hydrogen) atoms. The van der Waals surface area contributed by atoms with Crippen molar-refractivity contribution in [2.24, 2.45) is 0 Å². The maximum absolute atomic E-state index is 14.8. The van der Waals surface area contributed by atoms with Crippen LogP contribution in [0, 0.1) is 5.82 Å². The smallest absolute Gasteiger partial charge is 0.151 e. The van der Waals surface area contributed by atoms with Crippen LogP contribution in [-0.4, -0.2) is 64.4 Å². The molecule has 3 N–H and O–H groups in total. The largest absolute Gasteiger partial charge is 0.395 e. The number of nitrogens with one attached hydrogen (secondary N) is 1. The average Bonchev–Trinajstić information content (AvgIpc) is 3.14. The number of aromatic amines is 1. The minimum atomic E-state index is -0.611. The number of aromatic nitrogens is 2. The average molecular weight is 440 g/mol. The third kappa shape index (κ3) is 3.34. The second kappa shape index (κ2) is 7.60. The van der Waals surface area contributed by atoms with Gasteiger partial charge in [-0.15, -0.1) is 0 Å². The molecule has 8 heteroatoms. The van der Waals surface area contributed by atoms with Gasteiger partial charge in [-0.25, -0.2) is 9.37 Å². The van der Waals surface area contributed by atoms with Crippen LogP contribution >= 0.6 is 0 Å². The highest BCUT2D eigenvalue weighted by atomic mass is 19.1. The number of fused-ring (bicyclic) bond motifs is 2. The summed E-state index contributed by atoms with van der Waals surface area (Å²) >= 11 is 0. The van der Waals surface area contributed by atoms with Gasteiger partial charge in [0.1, 0.15) is 30.1 Å². The maximum atomic E-state index is 14.8. The molecular formula is C24H25FN2O5. The number of H-pyrrole nitrogens is 1. The Morgan fingerprint density at radius 2 is 1.91 bits per heavy atom. The van der Waals surface area contributed by atoms with Crippen LogP contribution in [0.15, 0.2) is 36.4 Å². The molecule has 2 aliphatic heterocycles. The summed E-state index contributed by atoms with van der Waals surface area (Å²) in [5.74, 6) is -0.400. The number of hydrogen-bond donors (Lipinski definition) is 3. The van der Waals surface area contributed by atoms with Crippen LogP contribution in [0.1, 0.15) is 24.1 Å². The van der Waals surface area contributed by atoms with Crippen LogP contribution in [0.2, 0.25) is 0 Å². The van der Waals surface area contributed by atoms with Crippen molar-refractivity contribution in [2.45, 2.75) is 49.3 Å². The van der Waals surface area contributed by atoms with Crippen molar-refractivity contribution in [3.63, 3.8) is 0 Å². The van der Waals surface area contributed by atoms with Gasteiger partial charge in [0.05, 0.1) is 37.5 Å².